The lowest BCUT2D eigenvalue weighted by Crippen LogP contribution is -2.57. The van der Waals surface area contributed by atoms with E-state index in [1.165, 1.54) is 36.4 Å². The van der Waals surface area contributed by atoms with Crippen molar-refractivity contribution in [2.75, 3.05) is 0 Å². The highest BCUT2D eigenvalue weighted by Gasteiger charge is 2.31. The maximum atomic E-state index is 13.3. The number of aromatic hydroxyl groups is 2. The van der Waals surface area contributed by atoms with E-state index in [9.17, 15) is 44.1 Å². The molecule has 0 bridgehead atoms. The molecule has 0 aliphatic carbocycles. The van der Waals surface area contributed by atoms with Gasteiger partial charge in [-0.2, -0.15) is 0 Å². The molecule has 4 atom stereocenters. The van der Waals surface area contributed by atoms with Crippen molar-refractivity contribution in [1.82, 2.24) is 16.0 Å². The second-order valence-corrected chi connectivity index (χ2v) is 9.73. The van der Waals surface area contributed by atoms with Gasteiger partial charge in [0.25, 0.3) is 0 Å². The molecule has 43 heavy (non-hydrogen) atoms. The Kier molecular flexibility index (Phi) is 12.9. The molecule has 0 fully saturated rings. The molecule has 0 saturated heterocycles. The minimum atomic E-state index is -1.59. The van der Waals surface area contributed by atoms with Crippen LogP contribution in [0.1, 0.15) is 36.8 Å². The number of nitrogens with two attached hydrogens (primary N) is 1. The van der Waals surface area contributed by atoms with Crippen LogP contribution in [0, 0.1) is 0 Å². The highest BCUT2D eigenvalue weighted by atomic mass is 16.4. The van der Waals surface area contributed by atoms with Crippen LogP contribution in [0.25, 0.3) is 0 Å². The van der Waals surface area contributed by atoms with Gasteiger partial charge in [-0.1, -0.05) is 24.3 Å². The Balaban J connectivity index is 2.25. The van der Waals surface area contributed by atoms with Crippen LogP contribution in [0.3, 0.4) is 0 Å². The van der Waals surface area contributed by atoms with E-state index in [4.69, 9.17) is 15.9 Å². The first-order chi connectivity index (χ1) is 20.2. The lowest BCUT2D eigenvalue weighted by molar-refractivity contribution is -0.143. The number of phenols is 2. The van der Waals surface area contributed by atoms with E-state index in [0.717, 1.165) is 0 Å². The Morgan fingerprint density at radius 2 is 0.977 bits per heavy atom. The Morgan fingerprint density at radius 1 is 0.581 bits per heavy atom. The largest absolute Gasteiger partial charge is 0.508 e. The zero-order chi connectivity index (χ0) is 32.1. The number of carbonyl (C=O) groups excluding carboxylic acids is 3. The predicted molar refractivity (Wildman–Crippen MR) is 149 cm³/mol. The number of carboxylic acids is 3. The SMILES string of the molecule is N[C@@H](Cc1ccc(O)cc1)C(=O)N[C@@H](CCC(=O)O)C(=O)N[C@@H](Cc1ccc(O)cc1)C(=O)N[C@@H](CCC(=O)O)C(=O)O. The smallest absolute Gasteiger partial charge is 0.326 e. The molecule has 15 nitrogen and oxygen atoms in total. The van der Waals surface area contributed by atoms with Crippen molar-refractivity contribution in [2.24, 2.45) is 5.73 Å². The molecule has 0 saturated carbocycles. The standard InChI is InChI=1S/C28H34N4O11/c29-19(13-15-1-5-17(33)6-2-15)25(39)30-20(9-11-23(35)36)26(40)32-22(14-16-3-7-18(34)8-4-16)27(41)31-21(28(42)43)10-12-24(37)38/h1-8,19-22,33-34H,9-14,29H2,(H,30,39)(H,31,41)(H,32,40)(H,35,36)(H,37,38)(H,42,43)/t19-,20-,21-,22-/m0/s1. The number of amides is 3. The summed E-state index contributed by atoms with van der Waals surface area (Å²) in [6.07, 6.45) is -2.08. The summed E-state index contributed by atoms with van der Waals surface area (Å²) < 4.78 is 0. The van der Waals surface area contributed by atoms with Crippen molar-refractivity contribution in [1.29, 1.82) is 0 Å². The molecule has 0 unspecified atom stereocenters. The number of nitrogens with one attached hydrogen (secondary N) is 3. The third-order valence-corrected chi connectivity index (χ3v) is 6.28. The Hall–Kier alpha value is -5.18. The molecular formula is C28H34N4O11. The van der Waals surface area contributed by atoms with Crippen molar-refractivity contribution in [3.8, 4) is 11.5 Å². The van der Waals surface area contributed by atoms with Gasteiger partial charge < -0.3 is 47.2 Å². The van der Waals surface area contributed by atoms with Crippen molar-refractivity contribution in [3.05, 3.63) is 59.7 Å². The van der Waals surface area contributed by atoms with E-state index in [2.05, 4.69) is 16.0 Å². The molecule has 232 valence electrons. The molecule has 2 rings (SSSR count). The van der Waals surface area contributed by atoms with Crippen LogP contribution in [0.4, 0.5) is 0 Å². The van der Waals surface area contributed by atoms with Gasteiger partial charge in [0.2, 0.25) is 17.7 Å². The van der Waals surface area contributed by atoms with Gasteiger partial charge in [0, 0.05) is 19.3 Å². The van der Waals surface area contributed by atoms with Gasteiger partial charge in [-0.3, -0.25) is 24.0 Å². The predicted octanol–water partition coefficient (Wildman–Crippen LogP) is -0.521. The Labute approximate surface area is 245 Å². The summed E-state index contributed by atoms with van der Waals surface area (Å²) in [7, 11) is 0. The van der Waals surface area contributed by atoms with E-state index in [1.54, 1.807) is 12.1 Å². The van der Waals surface area contributed by atoms with E-state index in [1.807, 2.05) is 0 Å². The fourth-order valence-electron chi connectivity index (χ4n) is 3.94. The van der Waals surface area contributed by atoms with Crippen LogP contribution in [0.5, 0.6) is 11.5 Å². The molecule has 0 aliphatic heterocycles. The van der Waals surface area contributed by atoms with Gasteiger partial charge in [-0.25, -0.2) is 4.79 Å². The topological polar surface area (TPSA) is 266 Å². The summed E-state index contributed by atoms with van der Waals surface area (Å²) in [6, 6.07) is 5.79. The Bertz CT molecular complexity index is 1300. The van der Waals surface area contributed by atoms with Gasteiger partial charge in [0.05, 0.1) is 6.04 Å². The number of rotatable bonds is 17. The first kappa shape index (κ1) is 34.0. The minimum Gasteiger partial charge on any atom is -0.508 e. The lowest BCUT2D eigenvalue weighted by Gasteiger charge is -2.25. The summed E-state index contributed by atoms with van der Waals surface area (Å²) in [6.45, 7) is 0. The molecule has 0 heterocycles. The van der Waals surface area contributed by atoms with E-state index >= 15 is 0 Å². The number of hydrogen-bond donors (Lipinski definition) is 9. The number of benzene rings is 2. The van der Waals surface area contributed by atoms with Crippen molar-refractivity contribution < 1.29 is 54.3 Å². The van der Waals surface area contributed by atoms with Gasteiger partial charge in [0.1, 0.15) is 29.6 Å². The third kappa shape index (κ3) is 12.1. The molecule has 3 amide bonds. The van der Waals surface area contributed by atoms with Crippen LogP contribution in [-0.4, -0.2) is 85.3 Å². The number of carbonyl (C=O) groups is 6. The number of phenolic OH excluding ortho intramolecular Hbond substituents is 2. The second kappa shape index (κ2) is 16.3. The average molecular weight is 603 g/mol. The highest BCUT2D eigenvalue weighted by molar-refractivity contribution is 5.94. The quantitative estimate of drug-likeness (QED) is 0.111. The summed E-state index contributed by atoms with van der Waals surface area (Å²) in [4.78, 5) is 73.1. The van der Waals surface area contributed by atoms with Gasteiger partial charge in [0.15, 0.2) is 0 Å². The first-order valence-electron chi connectivity index (χ1n) is 13.1. The summed E-state index contributed by atoms with van der Waals surface area (Å²) in [5.41, 5.74) is 7.03. The fraction of sp³-hybridized carbons (Fsp3) is 0.357. The van der Waals surface area contributed by atoms with Crippen molar-refractivity contribution in [2.45, 2.75) is 62.7 Å². The number of carboxylic acid groups (broad SMARTS) is 3. The third-order valence-electron chi connectivity index (χ3n) is 6.28. The maximum Gasteiger partial charge on any atom is 0.326 e. The van der Waals surface area contributed by atoms with Crippen LogP contribution < -0.4 is 21.7 Å². The number of hydrogen-bond acceptors (Lipinski definition) is 9. The molecule has 0 spiro atoms. The molecule has 2 aromatic carbocycles. The number of aliphatic carboxylic acids is 3. The average Bonchev–Trinajstić information content (AvgIpc) is 2.94. The summed E-state index contributed by atoms with van der Waals surface area (Å²) in [5.74, 6) is -6.84. The van der Waals surface area contributed by atoms with Crippen LogP contribution in [0.2, 0.25) is 0 Å². The van der Waals surface area contributed by atoms with E-state index < -0.39 is 79.1 Å². The molecular weight excluding hydrogens is 568 g/mol. The monoisotopic (exact) mass is 602 g/mol. The van der Waals surface area contributed by atoms with Crippen molar-refractivity contribution >= 4 is 35.6 Å². The molecule has 0 aliphatic rings. The van der Waals surface area contributed by atoms with E-state index in [0.29, 0.717) is 11.1 Å². The molecule has 0 aromatic heterocycles. The molecule has 10 N–H and O–H groups in total. The first-order valence-corrected chi connectivity index (χ1v) is 13.1. The lowest BCUT2D eigenvalue weighted by atomic mass is 10.0. The van der Waals surface area contributed by atoms with Gasteiger partial charge >= 0.3 is 17.9 Å². The zero-order valence-corrected chi connectivity index (χ0v) is 22.9. The summed E-state index contributed by atoms with van der Waals surface area (Å²) in [5, 5.41) is 53.5. The zero-order valence-electron chi connectivity index (χ0n) is 22.9. The van der Waals surface area contributed by atoms with Gasteiger partial charge in [-0.05, 0) is 54.7 Å². The van der Waals surface area contributed by atoms with Crippen LogP contribution in [-0.2, 0) is 41.6 Å². The second-order valence-electron chi connectivity index (χ2n) is 9.73. The molecule has 2 aromatic rings. The maximum absolute atomic E-state index is 13.3. The van der Waals surface area contributed by atoms with Crippen molar-refractivity contribution in [3.63, 3.8) is 0 Å². The highest BCUT2D eigenvalue weighted by Crippen LogP contribution is 2.13. The molecule has 15 heteroatoms. The summed E-state index contributed by atoms with van der Waals surface area (Å²) >= 11 is 0. The van der Waals surface area contributed by atoms with Crippen LogP contribution in [0.15, 0.2) is 48.5 Å². The van der Waals surface area contributed by atoms with Gasteiger partial charge in [-0.15, -0.1) is 0 Å². The normalized spacial score (nSPS) is 13.5. The van der Waals surface area contributed by atoms with E-state index in [-0.39, 0.29) is 30.8 Å². The Morgan fingerprint density at radius 3 is 1.44 bits per heavy atom. The minimum absolute atomic E-state index is 0.00892. The van der Waals surface area contributed by atoms with Crippen LogP contribution >= 0.6 is 0 Å². The fourth-order valence-corrected chi connectivity index (χ4v) is 3.94. The molecule has 0 radical (unpaired) electrons.